The van der Waals surface area contributed by atoms with Gasteiger partial charge in [-0.1, -0.05) is 34.1 Å². The summed E-state index contributed by atoms with van der Waals surface area (Å²) in [6.45, 7) is 11.9. The predicted molar refractivity (Wildman–Crippen MR) is 67.0 cm³/mol. The van der Waals surface area contributed by atoms with Gasteiger partial charge in [0.25, 0.3) is 0 Å². The SMILES string of the molecule is CCCCC(OCC)(N(C)C)C(C)(C)C. The molecule has 0 radical (unpaired) electrons. The Labute approximate surface area is 96.0 Å². The fourth-order valence-electron chi connectivity index (χ4n) is 2.34. The van der Waals surface area contributed by atoms with Crippen LogP contribution in [0.4, 0.5) is 0 Å². The van der Waals surface area contributed by atoms with Gasteiger partial charge in [0, 0.05) is 12.0 Å². The summed E-state index contributed by atoms with van der Waals surface area (Å²) < 4.78 is 6.08. The number of hydrogen-bond acceptors (Lipinski definition) is 2. The van der Waals surface area contributed by atoms with Crippen molar-refractivity contribution in [3.8, 4) is 0 Å². The van der Waals surface area contributed by atoms with Gasteiger partial charge >= 0.3 is 0 Å². The van der Waals surface area contributed by atoms with Gasteiger partial charge in [0.05, 0.1) is 0 Å². The molecule has 2 heteroatoms. The van der Waals surface area contributed by atoms with Crippen molar-refractivity contribution in [1.29, 1.82) is 0 Å². The highest BCUT2D eigenvalue weighted by Crippen LogP contribution is 2.39. The molecule has 0 heterocycles. The summed E-state index contributed by atoms with van der Waals surface area (Å²) >= 11 is 0. The van der Waals surface area contributed by atoms with E-state index in [4.69, 9.17) is 4.74 Å². The van der Waals surface area contributed by atoms with Crippen molar-refractivity contribution in [2.75, 3.05) is 20.7 Å². The topological polar surface area (TPSA) is 12.5 Å². The van der Waals surface area contributed by atoms with E-state index < -0.39 is 0 Å². The van der Waals surface area contributed by atoms with Gasteiger partial charge in [0.15, 0.2) is 0 Å². The lowest BCUT2D eigenvalue weighted by Gasteiger charge is -2.49. The van der Waals surface area contributed by atoms with Crippen molar-refractivity contribution in [2.45, 2.75) is 59.6 Å². The molecule has 0 amide bonds. The molecule has 0 aromatic carbocycles. The highest BCUT2D eigenvalue weighted by atomic mass is 16.5. The largest absolute Gasteiger partial charge is 0.360 e. The van der Waals surface area contributed by atoms with Crippen LogP contribution in [0.15, 0.2) is 0 Å². The molecule has 0 fully saturated rings. The number of nitrogens with zero attached hydrogens (tertiary/aromatic N) is 1. The minimum atomic E-state index is -0.127. The second kappa shape index (κ2) is 5.86. The summed E-state index contributed by atoms with van der Waals surface area (Å²) in [6, 6.07) is 0. The van der Waals surface area contributed by atoms with Crippen LogP contribution in [0.2, 0.25) is 0 Å². The molecule has 0 saturated carbocycles. The molecule has 2 nitrogen and oxygen atoms in total. The van der Waals surface area contributed by atoms with Crippen LogP contribution in [0.25, 0.3) is 0 Å². The molecule has 0 aliphatic rings. The molecule has 0 aliphatic heterocycles. The first kappa shape index (κ1) is 14.9. The van der Waals surface area contributed by atoms with E-state index in [0.717, 1.165) is 13.0 Å². The highest BCUT2D eigenvalue weighted by Gasteiger charge is 2.44. The maximum Gasteiger partial charge on any atom is 0.126 e. The Hall–Kier alpha value is -0.0800. The summed E-state index contributed by atoms with van der Waals surface area (Å²) in [6.07, 6.45) is 3.54. The summed E-state index contributed by atoms with van der Waals surface area (Å²) in [5, 5.41) is 0. The summed E-state index contributed by atoms with van der Waals surface area (Å²) in [4.78, 5) is 2.24. The highest BCUT2D eigenvalue weighted by molar-refractivity contribution is 4.90. The van der Waals surface area contributed by atoms with Crippen LogP contribution in [-0.4, -0.2) is 31.3 Å². The Morgan fingerprint density at radius 1 is 1.07 bits per heavy atom. The van der Waals surface area contributed by atoms with Gasteiger partial charge < -0.3 is 4.74 Å². The zero-order valence-corrected chi connectivity index (χ0v) is 11.7. The van der Waals surface area contributed by atoms with Crippen molar-refractivity contribution in [2.24, 2.45) is 5.41 Å². The van der Waals surface area contributed by atoms with Crippen LogP contribution in [0.3, 0.4) is 0 Å². The molecule has 0 bridgehead atoms. The third kappa shape index (κ3) is 3.46. The molecule has 0 aromatic rings. The van der Waals surface area contributed by atoms with Crippen molar-refractivity contribution < 1.29 is 4.74 Å². The van der Waals surface area contributed by atoms with Crippen LogP contribution < -0.4 is 0 Å². The molecule has 0 N–H and O–H groups in total. The van der Waals surface area contributed by atoms with Crippen molar-refractivity contribution in [3.63, 3.8) is 0 Å². The molecule has 0 saturated heterocycles. The summed E-state index contributed by atoms with van der Waals surface area (Å²) in [7, 11) is 4.24. The Morgan fingerprint density at radius 2 is 1.60 bits per heavy atom. The van der Waals surface area contributed by atoms with Crippen LogP contribution in [0.5, 0.6) is 0 Å². The molecule has 0 aliphatic carbocycles. The van der Waals surface area contributed by atoms with Crippen LogP contribution in [0.1, 0.15) is 53.9 Å². The minimum absolute atomic E-state index is 0.127. The normalized spacial score (nSPS) is 16.8. The minimum Gasteiger partial charge on any atom is -0.360 e. The van der Waals surface area contributed by atoms with E-state index in [9.17, 15) is 0 Å². The monoisotopic (exact) mass is 215 g/mol. The molecule has 0 spiro atoms. The lowest BCUT2D eigenvalue weighted by Crippen LogP contribution is -2.56. The molecule has 1 unspecified atom stereocenters. The van der Waals surface area contributed by atoms with Gasteiger partial charge in [-0.2, -0.15) is 0 Å². The Kier molecular flexibility index (Phi) is 5.82. The molecule has 0 rings (SSSR count). The number of unbranched alkanes of at least 4 members (excludes halogenated alkanes) is 1. The fourth-order valence-corrected chi connectivity index (χ4v) is 2.34. The molecule has 15 heavy (non-hydrogen) atoms. The van der Waals surface area contributed by atoms with E-state index in [2.05, 4.69) is 53.6 Å². The van der Waals surface area contributed by atoms with E-state index >= 15 is 0 Å². The lowest BCUT2D eigenvalue weighted by molar-refractivity contribution is -0.203. The Morgan fingerprint density at radius 3 is 1.87 bits per heavy atom. The Balaban J connectivity index is 4.90. The second-order valence-corrected chi connectivity index (χ2v) is 5.47. The molecule has 0 aromatic heterocycles. The van der Waals surface area contributed by atoms with E-state index in [1.165, 1.54) is 12.8 Å². The van der Waals surface area contributed by atoms with Gasteiger partial charge in [-0.25, -0.2) is 0 Å². The van der Waals surface area contributed by atoms with E-state index in [-0.39, 0.29) is 11.1 Å². The first-order valence-corrected chi connectivity index (χ1v) is 6.13. The predicted octanol–water partition coefficient (Wildman–Crippen LogP) is 3.52. The quantitative estimate of drug-likeness (QED) is 0.629. The first-order chi connectivity index (χ1) is 6.81. The van der Waals surface area contributed by atoms with Crippen LogP contribution >= 0.6 is 0 Å². The van der Waals surface area contributed by atoms with E-state index in [1.807, 2.05) is 0 Å². The Bertz CT molecular complexity index is 172. The van der Waals surface area contributed by atoms with E-state index in [1.54, 1.807) is 0 Å². The average Bonchev–Trinajstić information content (AvgIpc) is 2.09. The second-order valence-electron chi connectivity index (χ2n) is 5.47. The molecular formula is C13H29NO. The number of ether oxygens (including phenoxy) is 1. The van der Waals surface area contributed by atoms with Crippen molar-refractivity contribution >= 4 is 0 Å². The lowest BCUT2D eigenvalue weighted by atomic mass is 9.78. The summed E-state index contributed by atoms with van der Waals surface area (Å²) in [5.41, 5.74) is 0.0133. The maximum absolute atomic E-state index is 6.08. The fraction of sp³-hybridized carbons (Fsp3) is 1.00. The zero-order valence-electron chi connectivity index (χ0n) is 11.7. The third-order valence-electron chi connectivity index (χ3n) is 3.15. The first-order valence-electron chi connectivity index (χ1n) is 6.13. The van der Waals surface area contributed by atoms with Gasteiger partial charge in [-0.15, -0.1) is 0 Å². The number of hydrogen-bond donors (Lipinski definition) is 0. The van der Waals surface area contributed by atoms with Gasteiger partial charge in [-0.3, -0.25) is 4.90 Å². The van der Waals surface area contributed by atoms with Crippen molar-refractivity contribution in [3.05, 3.63) is 0 Å². The molecule has 1 atom stereocenters. The van der Waals surface area contributed by atoms with Gasteiger partial charge in [0.2, 0.25) is 0 Å². The standard InChI is InChI=1S/C13H29NO/c1-8-10-11-13(14(6)7,15-9-2)12(3,4)5/h8-11H2,1-7H3. The van der Waals surface area contributed by atoms with Gasteiger partial charge in [0.1, 0.15) is 5.72 Å². The average molecular weight is 215 g/mol. The number of rotatable bonds is 6. The molecule has 92 valence electrons. The maximum atomic E-state index is 6.08. The van der Waals surface area contributed by atoms with Gasteiger partial charge in [-0.05, 0) is 33.9 Å². The third-order valence-corrected chi connectivity index (χ3v) is 3.15. The van der Waals surface area contributed by atoms with Crippen molar-refractivity contribution in [1.82, 2.24) is 4.90 Å². The zero-order chi connectivity index (χ0) is 12.1. The van der Waals surface area contributed by atoms with Crippen LogP contribution in [0, 0.1) is 5.41 Å². The molecular weight excluding hydrogens is 186 g/mol. The van der Waals surface area contributed by atoms with E-state index in [0.29, 0.717) is 0 Å². The van der Waals surface area contributed by atoms with Crippen LogP contribution in [-0.2, 0) is 4.74 Å². The summed E-state index contributed by atoms with van der Waals surface area (Å²) in [5.74, 6) is 0. The smallest absolute Gasteiger partial charge is 0.126 e.